The highest BCUT2D eigenvalue weighted by Gasteiger charge is 2.19. The maximum Gasteiger partial charge on any atom is 0.255 e. The van der Waals surface area contributed by atoms with Gasteiger partial charge in [-0.3, -0.25) is 4.79 Å². The number of ether oxygens (including phenoxy) is 2. The Morgan fingerprint density at radius 1 is 0.967 bits per heavy atom. The van der Waals surface area contributed by atoms with Gasteiger partial charge in [0.25, 0.3) is 5.91 Å². The minimum Gasteiger partial charge on any atom is -0.454 e. The van der Waals surface area contributed by atoms with Crippen molar-refractivity contribution in [1.29, 1.82) is 0 Å². The van der Waals surface area contributed by atoms with Gasteiger partial charge in [0.1, 0.15) is 5.82 Å². The molecular formula is C21H17FN2O5S. The van der Waals surface area contributed by atoms with Gasteiger partial charge in [-0.1, -0.05) is 24.3 Å². The molecule has 3 aromatic rings. The second-order valence-corrected chi connectivity index (χ2v) is 8.24. The molecule has 0 saturated heterocycles. The Morgan fingerprint density at radius 2 is 1.73 bits per heavy atom. The maximum absolute atomic E-state index is 14.4. The summed E-state index contributed by atoms with van der Waals surface area (Å²) in [6, 6.07) is 16.7. The van der Waals surface area contributed by atoms with Crippen molar-refractivity contribution in [2.24, 2.45) is 0 Å². The average molecular weight is 428 g/mol. The number of carbonyl (C=O) groups is 1. The van der Waals surface area contributed by atoms with Gasteiger partial charge in [0.15, 0.2) is 11.5 Å². The Hall–Kier alpha value is -3.43. The Labute approximate surface area is 172 Å². The van der Waals surface area contributed by atoms with E-state index >= 15 is 0 Å². The lowest BCUT2D eigenvalue weighted by Crippen LogP contribution is -2.23. The van der Waals surface area contributed by atoms with E-state index < -0.39 is 21.7 Å². The summed E-state index contributed by atoms with van der Waals surface area (Å²) in [7, 11) is -3.97. The lowest BCUT2D eigenvalue weighted by Gasteiger charge is -2.10. The van der Waals surface area contributed by atoms with E-state index in [0.717, 1.165) is 6.07 Å². The van der Waals surface area contributed by atoms with E-state index in [4.69, 9.17) is 9.47 Å². The molecule has 0 bridgehead atoms. The number of sulfonamides is 1. The quantitative estimate of drug-likeness (QED) is 0.629. The molecule has 30 heavy (non-hydrogen) atoms. The van der Waals surface area contributed by atoms with Crippen LogP contribution in [0.1, 0.15) is 15.9 Å². The molecule has 4 rings (SSSR count). The van der Waals surface area contributed by atoms with Crippen molar-refractivity contribution < 1.29 is 27.1 Å². The molecule has 0 radical (unpaired) electrons. The minimum absolute atomic E-state index is 0.00686. The smallest absolute Gasteiger partial charge is 0.255 e. The molecule has 9 heteroatoms. The normalized spacial score (nSPS) is 12.6. The van der Waals surface area contributed by atoms with Gasteiger partial charge in [-0.25, -0.2) is 17.5 Å². The van der Waals surface area contributed by atoms with Crippen LogP contribution in [0.5, 0.6) is 11.5 Å². The maximum atomic E-state index is 14.4. The molecule has 1 aliphatic heterocycles. The molecule has 1 heterocycles. The number of anilines is 1. The van der Waals surface area contributed by atoms with E-state index in [9.17, 15) is 17.6 Å². The van der Waals surface area contributed by atoms with Crippen molar-refractivity contribution in [3.63, 3.8) is 0 Å². The fraction of sp³-hybridized carbons (Fsp3) is 0.0952. The monoisotopic (exact) mass is 428 g/mol. The molecule has 0 fully saturated rings. The largest absolute Gasteiger partial charge is 0.454 e. The predicted octanol–water partition coefficient (Wildman–Crippen LogP) is 3.29. The number of benzene rings is 3. The lowest BCUT2D eigenvalue weighted by molar-refractivity contribution is 0.102. The number of carbonyl (C=O) groups excluding carboxylic acids is 1. The second kappa shape index (κ2) is 8.13. The molecular weight excluding hydrogens is 411 g/mol. The van der Waals surface area contributed by atoms with E-state index in [1.165, 1.54) is 12.1 Å². The second-order valence-electron chi connectivity index (χ2n) is 6.47. The first-order valence-corrected chi connectivity index (χ1v) is 10.4. The number of fused-ring (bicyclic) bond motifs is 1. The van der Waals surface area contributed by atoms with Crippen LogP contribution in [0.3, 0.4) is 0 Å². The molecule has 1 amide bonds. The van der Waals surface area contributed by atoms with Gasteiger partial charge in [0.05, 0.1) is 10.6 Å². The molecule has 3 aromatic carbocycles. The van der Waals surface area contributed by atoms with E-state index in [1.54, 1.807) is 48.5 Å². The SMILES string of the molecule is O=C(Nc1ccc(S(=O)(=O)NCc2ccc3c(c2)OCO3)cc1F)c1ccccc1. The van der Waals surface area contributed by atoms with Crippen LogP contribution in [0.4, 0.5) is 10.1 Å². The van der Waals surface area contributed by atoms with Crippen LogP contribution >= 0.6 is 0 Å². The molecule has 7 nitrogen and oxygen atoms in total. The van der Waals surface area contributed by atoms with Crippen LogP contribution in [0.25, 0.3) is 0 Å². The van der Waals surface area contributed by atoms with Gasteiger partial charge in [-0.15, -0.1) is 0 Å². The number of hydrogen-bond acceptors (Lipinski definition) is 5. The first-order chi connectivity index (χ1) is 14.4. The molecule has 0 atom stereocenters. The summed E-state index contributed by atoms with van der Waals surface area (Å²) >= 11 is 0. The van der Waals surface area contributed by atoms with Crippen molar-refractivity contribution >= 4 is 21.6 Å². The van der Waals surface area contributed by atoms with Crippen molar-refractivity contribution in [3.05, 3.63) is 83.7 Å². The highest BCUT2D eigenvalue weighted by atomic mass is 32.2. The summed E-state index contributed by atoms with van der Waals surface area (Å²) < 4.78 is 52.4. The summed E-state index contributed by atoms with van der Waals surface area (Å²) in [6.45, 7) is 0.115. The molecule has 0 unspecified atom stereocenters. The molecule has 2 N–H and O–H groups in total. The molecule has 0 aliphatic carbocycles. The van der Waals surface area contributed by atoms with Crippen LogP contribution in [0.15, 0.2) is 71.6 Å². The average Bonchev–Trinajstić information content (AvgIpc) is 3.22. The van der Waals surface area contributed by atoms with E-state index in [-0.39, 0.29) is 23.9 Å². The summed E-state index contributed by atoms with van der Waals surface area (Å²) in [4.78, 5) is 11.9. The highest BCUT2D eigenvalue weighted by molar-refractivity contribution is 7.89. The summed E-state index contributed by atoms with van der Waals surface area (Å²) in [6.07, 6.45) is 0. The van der Waals surface area contributed by atoms with E-state index in [0.29, 0.717) is 22.6 Å². The van der Waals surface area contributed by atoms with Gasteiger partial charge in [0.2, 0.25) is 16.8 Å². The topological polar surface area (TPSA) is 93.7 Å². The molecule has 0 saturated carbocycles. The van der Waals surface area contributed by atoms with E-state index in [1.807, 2.05) is 0 Å². The molecule has 154 valence electrons. The third kappa shape index (κ3) is 4.27. The zero-order chi connectivity index (χ0) is 21.1. The van der Waals surface area contributed by atoms with Crippen LogP contribution in [-0.2, 0) is 16.6 Å². The number of rotatable bonds is 6. The summed E-state index contributed by atoms with van der Waals surface area (Å²) in [5.74, 6) is -0.218. The number of hydrogen-bond donors (Lipinski definition) is 2. The Morgan fingerprint density at radius 3 is 2.50 bits per heavy atom. The molecule has 0 aromatic heterocycles. The highest BCUT2D eigenvalue weighted by Crippen LogP contribution is 2.32. The van der Waals surface area contributed by atoms with Crippen LogP contribution in [0, 0.1) is 5.82 Å². The van der Waals surface area contributed by atoms with Crippen molar-refractivity contribution in [2.45, 2.75) is 11.4 Å². The summed E-state index contributed by atoms with van der Waals surface area (Å²) in [5, 5.41) is 2.43. The van der Waals surface area contributed by atoms with E-state index in [2.05, 4.69) is 10.0 Å². The number of nitrogens with one attached hydrogen (secondary N) is 2. The van der Waals surface area contributed by atoms with Gasteiger partial charge in [-0.2, -0.15) is 0 Å². The van der Waals surface area contributed by atoms with Gasteiger partial charge >= 0.3 is 0 Å². The van der Waals surface area contributed by atoms with Crippen LogP contribution < -0.4 is 19.5 Å². The first kappa shape index (κ1) is 19.9. The lowest BCUT2D eigenvalue weighted by atomic mass is 10.2. The zero-order valence-electron chi connectivity index (χ0n) is 15.6. The third-order valence-electron chi connectivity index (χ3n) is 4.44. The predicted molar refractivity (Wildman–Crippen MR) is 107 cm³/mol. The van der Waals surface area contributed by atoms with Crippen LogP contribution in [-0.4, -0.2) is 21.1 Å². The Bertz CT molecular complexity index is 1200. The first-order valence-electron chi connectivity index (χ1n) is 8.96. The van der Waals surface area contributed by atoms with Crippen LogP contribution in [0.2, 0.25) is 0 Å². The minimum atomic E-state index is -3.97. The number of halogens is 1. The fourth-order valence-corrected chi connectivity index (χ4v) is 3.89. The summed E-state index contributed by atoms with van der Waals surface area (Å²) in [5.41, 5.74) is 0.910. The zero-order valence-corrected chi connectivity index (χ0v) is 16.4. The van der Waals surface area contributed by atoms with Gasteiger partial charge in [0, 0.05) is 12.1 Å². The third-order valence-corrected chi connectivity index (χ3v) is 5.84. The molecule has 1 aliphatic rings. The van der Waals surface area contributed by atoms with Gasteiger partial charge in [-0.05, 0) is 48.0 Å². The Kier molecular flexibility index (Phi) is 5.39. The van der Waals surface area contributed by atoms with Crippen molar-refractivity contribution in [2.75, 3.05) is 12.1 Å². The van der Waals surface area contributed by atoms with Gasteiger partial charge < -0.3 is 14.8 Å². The Balaban J connectivity index is 1.45. The standard InChI is InChI=1S/C21H17FN2O5S/c22-17-11-16(7-8-18(17)24-21(25)15-4-2-1-3-5-15)30(26,27)23-12-14-6-9-19-20(10-14)29-13-28-19/h1-11,23H,12-13H2,(H,24,25). The number of amides is 1. The molecule has 0 spiro atoms. The van der Waals surface area contributed by atoms with Crippen molar-refractivity contribution in [3.8, 4) is 11.5 Å². The fourth-order valence-electron chi connectivity index (χ4n) is 2.86. The van der Waals surface area contributed by atoms with Crippen molar-refractivity contribution in [1.82, 2.24) is 4.72 Å².